The minimum absolute atomic E-state index is 0.0546. The molecular weight excluding hydrogens is 344 g/mol. The first-order valence-corrected chi connectivity index (χ1v) is 8.38. The molecule has 2 aliphatic heterocycles. The highest BCUT2D eigenvalue weighted by Crippen LogP contribution is 2.40. The number of piperazine rings is 1. The van der Waals surface area contributed by atoms with E-state index in [0.717, 1.165) is 4.57 Å². The molecule has 0 bridgehead atoms. The van der Waals surface area contributed by atoms with Gasteiger partial charge in [0, 0.05) is 31.7 Å². The zero-order valence-corrected chi connectivity index (χ0v) is 14.9. The summed E-state index contributed by atoms with van der Waals surface area (Å²) < 4.78 is 30.8. The van der Waals surface area contributed by atoms with E-state index in [-0.39, 0.29) is 34.0 Å². The van der Waals surface area contributed by atoms with Gasteiger partial charge in [-0.15, -0.1) is 0 Å². The molecule has 1 saturated heterocycles. The van der Waals surface area contributed by atoms with Crippen molar-refractivity contribution in [2.45, 2.75) is 25.9 Å². The fourth-order valence-corrected chi connectivity index (χ4v) is 4.03. The van der Waals surface area contributed by atoms with E-state index in [4.69, 9.17) is 0 Å². The van der Waals surface area contributed by atoms with Crippen molar-refractivity contribution in [3.05, 3.63) is 27.7 Å². The molecule has 2 aromatic rings. The van der Waals surface area contributed by atoms with E-state index >= 15 is 0 Å². The predicted molar refractivity (Wildman–Crippen MR) is 93.5 cm³/mol. The van der Waals surface area contributed by atoms with Crippen LogP contribution < -0.4 is 15.9 Å². The molecule has 0 saturated carbocycles. The maximum absolute atomic E-state index is 14.9. The number of benzene rings is 1. The first-order chi connectivity index (χ1) is 12.2. The summed E-state index contributed by atoms with van der Waals surface area (Å²) in [7, 11) is 3.27. The predicted octanol–water partition coefficient (Wildman–Crippen LogP) is 0.981. The van der Waals surface area contributed by atoms with Crippen LogP contribution in [0.4, 0.5) is 20.3 Å². The average molecular weight is 363 g/mol. The third kappa shape index (κ3) is 2.09. The van der Waals surface area contributed by atoms with Gasteiger partial charge in [-0.2, -0.15) is 4.98 Å². The van der Waals surface area contributed by atoms with Crippen molar-refractivity contribution in [1.82, 2.24) is 14.5 Å². The molecule has 1 amide bonds. The number of likely N-dealkylation sites (N-methyl/N-ethyl adjacent to an activating group) is 1. The maximum Gasteiger partial charge on any atom is 0.349 e. The third-order valence-electron chi connectivity index (χ3n) is 5.29. The van der Waals surface area contributed by atoms with Gasteiger partial charge in [-0.25, -0.2) is 13.6 Å². The van der Waals surface area contributed by atoms with E-state index in [0.29, 0.717) is 13.1 Å². The Morgan fingerprint density at radius 1 is 1.15 bits per heavy atom. The first kappa shape index (κ1) is 16.9. The highest BCUT2D eigenvalue weighted by molar-refractivity contribution is 6.12. The fourth-order valence-electron chi connectivity index (χ4n) is 4.03. The van der Waals surface area contributed by atoms with Gasteiger partial charge in [-0.1, -0.05) is 0 Å². The summed E-state index contributed by atoms with van der Waals surface area (Å²) in [6.07, 6.45) is 0. The number of rotatable bonds is 0. The summed E-state index contributed by atoms with van der Waals surface area (Å²) in [5, 5.41) is 2.73. The van der Waals surface area contributed by atoms with E-state index in [2.05, 4.69) is 10.3 Å². The van der Waals surface area contributed by atoms with Gasteiger partial charge in [-0.05, 0) is 20.9 Å². The van der Waals surface area contributed by atoms with Crippen LogP contribution in [0.25, 0.3) is 10.9 Å². The molecule has 1 aromatic carbocycles. The number of aryl methyl sites for hydroxylation is 1. The standard InChI is InChI=1S/C17H19F2N5O2/c1-7-5-22(3)6-9-16(25)20-13-10-14(12(19)8(2)11(13)18)23(4)17(26)21-15(10)24(7)9/h7,9H,5-6H2,1-4H3,(H,20,25). The van der Waals surface area contributed by atoms with Gasteiger partial charge in [0.15, 0.2) is 11.6 Å². The van der Waals surface area contributed by atoms with Crippen molar-refractivity contribution in [2.24, 2.45) is 7.05 Å². The number of fused-ring (bicyclic) bond motifs is 2. The number of anilines is 2. The second-order valence-electron chi connectivity index (χ2n) is 7.11. The lowest BCUT2D eigenvalue weighted by molar-refractivity contribution is -0.118. The van der Waals surface area contributed by atoms with Crippen LogP contribution in [0, 0.1) is 18.6 Å². The molecule has 0 aliphatic carbocycles. The van der Waals surface area contributed by atoms with Crippen LogP contribution in [0.1, 0.15) is 12.5 Å². The summed E-state index contributed by atoms with van der Waals surface area (Å²) in [5.41, 5.74) is -1.07. The van der Waals surface area contributed by atoms with Crippen LogP contribution in [0.2, 0.25) is 0 Å². The molecule has 3 heterocycles. The molecule has 9 heteroatoms. The van der Waals surface area contributed by atoms with Crippen molar-refractivity contribution in [3.8, 4) is 0 Å². The molecule has 2 atom stereocenters. The summed E-state index contributed by atoms with van der Waals surface area (Å²) >= 11 is 0. The molecule has 2 unspecified atom stereocenters. The largest absolute Gasteiger partial charge is 0.349 e. The highest BCUT2D eigenvalue weighted by Gasteiger charge is 2.41. The van der Waals surface area contributed by atoms with Gasteiger partial charge < -0.3 is 15.1 Å². The summed E-state index contributed by atoms with van der Waals surface area (Å²) in [5.74, 6) is -1.91. The molecule has 138 valence electrons. The quantitative estimate of drug-likeness (QED) is 0.756. The zero-order chi connectivity index (χ0) is 18.9. The van der Waals surface area contributed by atoms with Crippen molar-refractivity contribution in [3.63, 3.8) is 0 Å². The van der Waals surface area contributed by atoms with E-state index in [9.17, 15) is 18.4 Å². The Kier molecular flexibility index (Phi) is 3.56. The molecular formula is C17H19F2N5O2. The van der Waals surface area contributed by atoms with Crippen LogP contribution in [-0.2, 0) is 11.8 Å². The van der Waals surface area contributed by atoms with Crippen molar-refractivity contribution in [1.29, 1.82) is 0 Å². The summed E-state index contributed by atoms with van der Waals surface area (Å²) in [6, 6.07) is -0.813. The van der Waals surface area contributed by atoms with Gasteiger partial charge >= 0.3 is 5.69 Å². The van der Waals surface area contributed by atoms with Crippen molar-refractivity contribution >= 4 is 28.3 Å². The van der Waals surface area contributed by atoms with E-state index < -0.39 is 29.3 Å². The summed E-state index contributed by atoms with van der Waals surface area (Å²) in [6.45, 7) is 4.21. The van der Waals surface area contributed by atoms with Gasteiger partial charge in [0.2, 0.25) is 5.91 Å². The summed E-state index contributed by atoms with van der Waals surface area (Å²) in [4.78, 5) is 33.0. The molecule has 0 spiro atoms. The van der Waals surface area contributed by atoms with Crippen LogP contribution in [0.3, 0.4) is 0 Å². The van der Waals surface area contributed by atoms with Crippen LogP contribution in [0.5, 0.6) is 0 Å². The van der Waals surface area contributed by atoms with Crippen LogP contribution in [-0.4, -0.2) is 52.6 Å². The molecule has 1 N–H and O–H groups in total. The molecule has 0 radical (unpaired) electrons. The normalized spacial score (nSPS) is 23.0. The highest BCUT2D eigenvalue weighted by atomic mass is 19.1. The Morgan fingerprint density at radius 2 is 1.85 bits per heavy atom. The lowest BCUT2D eigenvalue weighted by Gasteiger charge is -2.43. The average Bonchev–Trinajstić information content (AvgIpc) is 2.69. The number of aromatic nitrogens is 2. The second-order valence-corrected chi connectivity index (χ2v) is 7.11. The molecule has 2 aliphatic rings. The molecule has 1 aromatic heterocycles. The number of halogens is 2. The van der Waals surface area contributed by atoms with Crippen molar-refractivity contribution < 1.29 is 13.6 Å². The minimum Gasteiger partial charge on any atom is -0.338 e. The second kappa shape index (κ2) is 5.47. The zero-order valence-electron chi connectivity index (χ0n) is 14.9. The molecule has 1 fully saturated rings. The Hall–Kier alpha value is -2.55. The number of nitrogens with zero attached hydrogens (tertiary/aromatic N) is 4. The Balaban J connectivity index is 2.17. The van der Waals surface area contributed by atoms with Gasteiger partial charge in [0.05, 0.1) is 16.6 Å². The topological polar surface area (TPSA) is 70.5 Å². The Labute approximate surface area is 148 Å². The monoisotopic (exact) mass is 363 g/mol. The third-order valence-corrected chi connectivity index (χ3v) is 5.29. The first-order valence-electron chi connectivity index (χ1n) is 8.38. The molecule has 7 nitrogen and oxygen atoms in total. The number of amides is 1. The fraction of sp³-hybridized carbons (Fsp3) is 0.471. The van der Waals surface area contributed by atoms with Crippen molar-refractivity contribution in [2.75, 3.05) is 30.4 Å². The van der Waals surface area contributed by atoms with Crippen LogP contribution >= 0.6 is 0 Å². The number of hydrogen-bond donors (Lipinski definition) is 1. The number of carbonyl (C=O) groups is 1. The number of nitrogens with one attached hydrogen (secondary N) is 1. The van der Waals surface area contributed by atoms with Gasteiger partial charge in [0.1, 0.15) is 11.9 Å². The minimum atomic E-state index is -0.842. The number of hydrogen-bond acceptors (Lipinski definition) is 5. The Morgan fingerprint density at radius 3 is 2.54 bits per heavy atom. The number of carbonyl (C=O) groups excluding carboxylic acids is 1. The lowest BCUT2D eigenvalue weighted by Crippen LogP contribution is -2.61. The SMILES string of the molecule is Cc1c(F)c2c3c(nc(=O)n(C)c3c1F)N1C(C)CN(C)CC1C(=O)N2. The smallest absolute Gasteiger partial charge is 0.338 e. The van der Waals surface area contributed by atoms with E-state index in [1.165, 1.54) is 14.0 Å². The van der Waals surface area contributed by atoms with E-state index in [1.807, 2.05) is 18.9 Å². The Bertz CT molecular complexity index is 1020. The maximum atomic E-state index is 14.9. The van der Waals surface area contributed by atoms with Gasteiger partial charge in [-0.3, -0.25) is 9.36 Å². The molecule has 4 rings (SSSR count). The van der Waals surface area contributed by atoms with Gasteiger partial charge in [0.25, 0.3) is 0 Å². The van der Waals surface area contributed by atoms with Crippen LogP contribution in [0.15, 0.2) is 4.79 Å². The lowest BCUT2D eigenvalue weighted by atomic mass is 10.1. The molecule has 26 heavy (non-hydrogen) atoms. The van der Waals surface area contributed by atoms with E-state index in [1.54, 1.807) is 4.90 Å².